The predicted molar refractivity (Wildman–Crippen MR) is 268 cm³/mol. The molecular formula is C57H58N4OPtSi+2. The summed E-state index contributed by atoms with van der Waals surface area (Å²) in [5.74, 6) is 2.04. The molecule has 0 saturated heterocycles. The molecule has 6 aromatic carbocycles. The number of aromatic nitrogens is 2. The van der Waals surface area contributed by atoms with Gasteiger partial charge in [0.1, 0.15) is 11.5 Å². The zero-order valence-corrected chi connectivity index (χ0v) is 42.5. The zero-order chi connectivity index (χ0) is 44.6. The maximum absolute atomic E-state index is 6.69. The smallest absolute Gasteiger partial charge is 0.509 e. The first-order valence-electron chi connectivity index (χ1n) is 22.1. The predicted octanol–water partition coefficient (Wildman–Crippen LogP) is 14.5. The van der Waals surface area contributed by atoms with Gasteiger partial charge in [-0.25, -0.2) is 4.98 Å². The average Bonchev–Trinajstić information content (AvgIpc) is 3.79. The Labute approximate surface area is 395 Å². The second-order valence-electron chi connectivity index (χ2n) is 21.1. The van der Waals surface area contributed by atoms with Gasteiger partial charge in [-0.05, 0) is 72.7 Å². The largest absolute Gasteiger partial charge is 2.00 e. The Morgan fingerprint density at radius 3 is 1.98 bits per heavy atom. The molecule has 324 valence electrons. The van der Waals surface area contributed by atoms with Crippen molar-refractivity contribution < 1.29 is 25.8 Å². The molecule has 2 aromatic heterocycles. The number of rotatable bonds is 7. The van der Waals surface area contributed by atoms with Crippen molar-refractivity contribution in [2.75, 3.05) is 0 Å². The van der Waals surface area contributed by atoms with Crippen LogP contribution >= 0.6 is 0 Å². The summed E-state index contributed by atoms with van der Waals surface area (Å²) in [4.78, 5) is 4.87. The summed E-state index contributed by atoms with van der Waals surface area (Å²) in [5.41, 5.74) is 12.0. The molecule has 0 N–H and O–H groups in total. The maximum atomic E-state index is 6.69. The van der Waals surface area contributed by atoms with E-state index in [9.17, 15) is 0 Å². The van der Waals surface area contributed by atoms with Crippen molar-refractivity contribution in [1.82, 2.24) is 18.7 Å². The molecule has 5 nitrogen and oxygen atoms in total. The summed E-state index contributed by atoms with van der Waals surface area (Å²) in [6.07, 6.45) is 1.90. The van der Waals surface area contributed by atoms with Crippen LogP contribution in [0, 0.1) is 12.1 Å². The molecule has 0 atom stereocenters. The fourth-order valence-electron chi connectivity index (χ4n) is 8.44. The summed E-state index contributed by atoms with van der Waals surface area (Å²) >= 11 is 0. The van der Waals surface area contributed by atoms with Crippen molar-refractivity contribution >= 4 is 63.8 Å². The topological polar surface area (TPSA) is 33.1 Å². The van der Waals surface area contributed by atoms with Crippen LogP contribution in [-0.4, -0.2) is 23.6 Å². The first kappa shape index (κ1) is 44.9. The molecule has 0 bridgehead atoms. The minimum absolute atomic E-state index is 0. The SMILES string of the molecule is CC(C)(C)c1cc([N+]2=C=[N+](c3[c-]c(Oc4[c-]c5c(cc4)c4ccccc4n5-c4cc(C(C)(C)C)ccn4)ccc3)c3cccc(-c4cccc([Si](C)(C)C)c4)c32)cc(C(C)(C)C)c1.[Pt+2]. The fraction of sp³-hybridized carbons (Fsp3) is 0.263. The summed E-state index contributed by atoms with van der Waals surface area (Å²) in [7, 11) is -1.59. The normalized spacial score (nSPS) is 13.1. The Morgan fingerprint density at radius 1 is 0.609 bits per heavy atom. The third-order valence-corrected chi connectivity index (χ3v) is 14.3. The Kier molecular flexibility index (Phi) is 11.5. The van der Waals surface area contributed by atoms with E-state index in [1.807, 2.05) is 24.4 Å². The summed E-state index contributed by atoms with van der Waals surface area (Å²) in [6, 6.07) is 56.9. The molecule has 1 aliphatic heterocycles. The van der Waals surface area contributed by atoms with Crippen LogP contribution in [0.5, 0.6) is 11.5 Å². The fourth-order valence-corrected chi connectivity index (χ4v) is 9.62. The van der Waals surface area contributed by atoms with E-state index >= 15 is 0 Å². The van der Waals surface area contributed by atoms with Gasteiger partial charge >= 0.3 is 32.8 Å². The summed E-state index contributed by atoms with van der Waals surface area (Å²) in [6.45, 7) is 27.7. The monoisotopic (exact) mass is 1040 g/mol. The summed E-state index contributed by atoms with van der Waals surface area (Å²) in [5, 5.41) is 3.66. The Balaban J connectivity index is 0.00000560. The molecule has 64 heavy (non-hydrogen) atoms. The van der Waals surface area contributed by atoms with E-state index < -0.39 is 8.07 Å². The second-order valence-corrected chi connectivity index (χ2v) is 26.2. The number of nitrogens with zero attached hydrogens (tertiary/aromatic N) is 4. The Hall–Kier alpha value is -5.64. The van der Waals surface area contributed by atoms with Gasteiger partial charge in [0.05, 0.1) is 13.6 Å². The number of benzene rings is 6. The third-order valence-electron chi connectivity index (χ3n) is 12.2. The van der Waals surface area contributed by atoms with E-state index in [0.717, 1.165) is 55.9 Å². The van der Waals surface area contributed by atoms with E-state index in [0.29, 0.717) is 11.5 Å². The first-order valence-corrected chi connectivity index (χ1v) is 25.6. The minimum atomic E-state index is -1.59. The van der Waals surface area contributed by atoms with Gasteiger partial charge in [0.25, 0.3) is 5.69 Å². The van der Waals surface area contributed by atoms with Crippen molar-refractivity contribution in [3.8, 4) is 28.4 Å². The van der Waals surface area contributed by atoms with Gasteiger partial charge < -0.3 is 9.30 Å². The van der Waals surface area contributed by atoms with Crippen molar-refractivity contribution in [3.63, 3.8) is 0 Å². The number of hydrogen-bond donors (Lipinski definition) is 0. The molecule has 9 rings (SSSR count). The molecule has 0 unspecified atom stereocenters. The van der Waals surface area contributed by atoms with Gasteiger partial charge in [-0.3, -0.25) is 0 Å². The van der Waals surface area contributed by atoms with E-state index in [-0.39, 0.29) is 37.3 Å². The molecule has 3 heterocycles. The number of hydrogen-bond acceptors (Lipinski definition) is 2. The van der Waals surface area contributed by atoms with Crippen LogP contribution in [0.15, 0.2) is 134 Å². The molecule has 0 amide bonds. The molecular weight excluding hydrogens is 980 g/mol. The molecule has 0 aliphatic carbocycles. The van der Waals surface area contributed by atoms with Crippen molar-refractivity contribution in [2.24, 2.45) is 0 Å². The molecule has 7 heteroatoms. The van der Waals surface area contributed by atoms with E-state index in [1.165, 1.54) is 27.4 Å². The number of fused-ring (bicyclic) bond motifs is 4. The molecule has 0 spiro atoms. The van der Waals surface area contributed by atoms with E-state index in [1.54, 1.807) is 0 Å². The molecule has 1 aliphatic rings. The number of ether oxygens (including phenoxy) is 1. The van der Waals surface area contributed by atoms with Crippen LogP contribution in [0.25, 0.3) is 38.8 Å². The summed E-state index contributed by atoms with van der Waals surface area (Å²) < 4.78 is 13.3. The average molecular weight is 1040 g/mol. The quantitative estimate of drug-likeness (QED) is 0.0905. The number of para-hydroxylation sites is 2. The van der Waals surface area contributed by atoms with Crippen molar-refractivity contribution in [1.29, 1.82) is 0 Å². The standard InChI is InChI=1S/C57H58N4OSi.Pt/c1-55(2,3)39-28-29-58-53(34-39)61-50-24-14-13-22-48(50)49-27-26-45(36-52(49)61)62-44-20-16-19-42(35-44)59-37-60(43-32-40(56(4,5)6)31-41(33-43)57(7,8)9)54-47(23-17-25-51(54)59)38-18-15-21-46(30-38)63(10,11)12;/h13-34H,1-12H3;/q;+2. The van der Waals surface area contributed by atoms with Gasteiger partial charge in [0, 0.05) is 41.4 Å². The molecule has 0 radical (unpaired) electrons. The van der Waals surface area contributed by atoms with E-state index in [4.69, 9.17) is 9.72 Å². The minimum Gasteiger partial charge on any atom is -0.509 e. The zero-order valence-electron chi connectivity index (χ0n) is 39.2. The Morgan fingerprint density at radius 2 is 1.28 bits per heavy atom. The van der Waals surface area contributed by atoms with Crippen LogP contribution in [0.1, 0.15) is 79.0 Å². The van der Waals surface area contributed by atoms with Gasteiger partial charge in [-0.2, -0.15) is 12.1 Å². The van der Waals surface area contributed by atoms with Crippen molar-refractivity contribution in [3.05, 3.63) is 162 Å². The second kappa shape index (κ2) is 16.4. The maximum Gasteiger partial charge on any atom is 2.00 e. The third kappa shape index (κ3) is 8.52. The molecule has 8 aromatic rings. The Bertz CT molecular complexity index is 3150. The van der Waals surface area contributed by atoms with Crippen LogP contribution in [0.2, 0.25) is 19.6 Å². The number of pyridine rings is 1. The van der Waals surface area contributed by atoms with Crippen LogP contribution < -0.4 is 19.1 Å². The van der Waals surface area contributed by atoms with Crippen molar-refractivity contribution in [2.45, 2.75) is 98.2 Å². The van der Waals surface area contributed by atoms with Gasteiger partial charge in [-0.1, -0.05) is 164 Å². The van der Waals surface area contributed by atoms with Gasteiger partial charge in [0.15, 0.2) is 0 Å². The van der Waals surface area contributed by atoms with Gasteiger partial charge in [0.2, 0.25) is 5.69 Å². The molecule has 0 fully saturated rings. The van der Waals surface area contributed by atoms with Gasteiger partial charge in [-0.15, -0.1) is 23.6 Å². The first-order chi connectivity index (χ1) is 29.7. The van der Waals surface area contributed by atoms with E-state index in [2.05, 4.69) is 223 Å². The van der Waals surface area contributed by atoms with Crippen LogP contribution in [0.4, 0.5) is 22.7 Å². The molecule has 0 saturated carbocycles. The van der Waals surface area contributed by atoms with Crippen LogP contribution in [0.3, 0.4) is 0 Å². The van der Waals surface area contributed by atoms with Crippen LogP contribution in [-0.2, 0) is 37.3 Å².